The first-order chi connectivity index (χ1) is 6.57. The van der Waals surface area contributed by atoms with E-state index in [0.717, 1.165) is 0 Å². The average Bonchev–Trinajstić information content (AvgIpc) is 2.12. The lowest BCUT2D eigenvalue weighted by Gasteiger charge is -1.99. The molecule has 0 amide bonds. The predicted octanol–water partition coefficient (Wildman–Crippen LogP) is -0.915. The Labute approximate surface area is 81.9 Å². The Morgan fingerprint density at radius 3 is 2.79 bits per heavy atom. The molecule has 0 saturated carbocycles. The zero-order chi connectivity index (χ0) is 11.0. The van der Waals surface area contributed by atoms with Crippen LogP contribution in [0.2, 0.25) is 0 Å². The van der Waals surface area contributed by atoms with Crippen molar-refractivity contribution in [1.82, 2.24) is 0 Å². The minimum atomic E-state index is -2.05. The van der Waals surface area contributed by atoms with Crippen molar-refractivity contribution >= 4 is 19.8 Å². The van der Waals surface area contributed by atoms with Gasteiger partial charge in [-0.1, -0.05) is 6.58 Å². The zero-order valence-electron chi connectivity index (χ0n) is 7.38. The van der Waals surface area contributed by atoms with Crippen molar-refractivity contribution in [3.63, 3.8) is 0 Å². The van der Waals surface area contributed by atoms with Crippen LogP contribution in [0.25, 0.3) is 0 Å². The molecular weight excluding hydrogens is 211 g/mol. The number of ether oxygens (including phenoxy) is 1. The molecule has 80 valence electrons. The van der Waals surface area contributed by atoms with Gasteiger partial charge in [0.25, 0.3) is 0 Å². The standard InChI is InChI=1S/C7H11O6P/c1-6(7(9)10)4-12-2-3-14(11)13-5-8/h3,8H,1-2,4-5H2,(H,9,10). The Morgan fingerprint density at radius 2 is 2.29 bits per heavy atom. The van der Waals surface area contributed by atoms with Crippen LogP contribution in [0, 0.1) is 0 Å². The van der Waals surface area contributed by atoms with Crippen LogP contribution in [0.5, 0.6) is 0 Å². The molecule has 0 aliphatic heterocycles. The van der Waals surface area contributed by atoms with Gasteiger partial charge in [-0.2, -0.15) is 4.52 Å². The van der Waals surface area contributed by atoms with E-state index < -0.39 is 20.8 Å². The molecule has 0 aromatic rings. The number of aliphatic hydroxyl groups excluding tert-OH is 1. The molecule has 0 aromatic carbocycles. The smallest absolute Gasteiger partial charge is 0.333 e. The summed E-state index contributed by atoms with van der Waals surface area (Å²) >= 11 is 0. The third-order valence-corrected chi connectivity index (χ3v) is 1.92. The van der Waals surface area contributed by atoms with E-state index >= 15 is 0 Å². The van der Waals surface area contributed by atoms with Crippen molar-refractivity contribution in [3.8, 4) is 0 Å². The summed E-state index contributed by atoms with van der Waals surface area (Å²) in [5.74, 6) is 0.0433. The summed E-state index contributed by atoms with van der Waals surface area (Å²) in [6.45, 7) is 2.42. The monoisotopic (exact) mass is 222 g/mol. The highest BCUT2D eigenvalue weighted by Gasteiger charge is 2.03. The van der Waals surface area contributed by atoms with E-state index in [1.54, 1.807) is 0 Å². The third-order valence-electron chi connectivity index (χ3n) is 1.11. The lowest BCUT2D eigenvalue weighted by Crippen LogP contribution is -2.08. The van der Waals surface area contributed by atoms with Gasteiger partial charge >= 0.3 is 5.97 Å². The molecule has 0 radical (unpaired) electrons. The van der Waals surface area contributed by atoms with Crippen LogP contribution in [0.1, 0.15) is 0 Å². The Hall–Kier alpha value is -0.780. The van der Waals surface area contributed by atoms with Gasteiger partial charge in [0.05, 0.1) is 12.2 Å². The summed E-state index contributed by atoms with van der Waals surface area (Å²) in [5, 5.41) is 16.6. The average molecular weight is 222 g/mol. The van der Waals surface area contributed by atoms with Gasteiger partial charge in [0.2, 0.25) is 8.00 Å². The molecule has 0 rings (SSSR count). The number of rotatable bonds is 7. The Morgan fingerprint density at radius 1 is 1.64 bits per heavy atom. The lowest BCUT2D eigenvalue weighted by molar-refractivity contribution is -0.177. The van der Waals surface area contributed by atoms with Crippen molar-refractivity contribution in [2.24, 2.45) is 0 Å². The fourth-order valence-electron chi connectivity index (χ4n) is 0.467. The molecule has 1 atom stereocenters. The molecule has 0 saturated heterocycles. The van der Waals surface area contributed by atoms with Gasteiger partial charge in [-0.25, -0.2) is 4.79 Å². The highest BCUT2D eigenvalue weighted by molar-refractivity contribution is 7.44. The van der Waals surface area contributed by atoms with Gasteiger partial charge in [0, 0.05) is 0 Å². The normalized spacial score (nSPS) is 11.4. The molecule has 0 aromatic heterocycles. The van der Waals surface area contributed by atoms with E-state index in [1.807, 2.05) is 0 Å². The fraction of sp³-hybridized carbons (Fsp3) is 0.429. The first-order valence-electron chi connectivity index (χ1n) is 3.60. The number of carbonyl (C=O) groups is 1. The van der Waals surface area contributed by atoms with Gasteiger partial charge in [-0.3, -0.25) is 0 Å². The molecule has 0 aliphatic rings. The summed E-state index contributed by atoms with van der Waals surface area (Å²) in [7, 11) is -2.05. The second-order valence-corrected chi connectivity index (χ2v) is 3.34. The second kappa shape index (κ2) is 7.61. The van der Waals surface area contributed by atoms with Gasteiger partial charge in [0.15, 0.2) is 6.79 Å². The lowest BCUT2D eigenvalue weighted by atomic mass is 10.3. The summed E-state index contributed by atoms with van der Waals surface area (Å²) in [6, 6.07) is 0. The molecule has 0 spiro atoms. The van der Waals surface area contributed by atoms with Crippen LogP contribution in [0.4, 0.5) is 0 Å². The first kappa shape index (κ1) is 13.2. The van der Waals surface area contributed by atoms with Gasteiger partial charge in [-0.15, -0.1) is 0 Å². The maximum absolute atomic E-state index is 10.7. The molecule has 0 bridgehead atoms. The number of hydrogen-bond donors (Lipinski definition) is 2. The van der Waals surface area contributed by atoms with Gasteiger partial charge in [0.1, 0.15) is 12.4 Å². The molecule has 14 heavy (non-hydrogen) atoms. The van der Waals surface area contributed by atoms with Crippen molar-refractivity contribution < 1.29 is 29.2 Å². The van der Waals surface area contributed by atoms with E-state index in [2.05, 4.69) is 11.1 Å². The van der Waals surface area contributed by atoms with E-state index in [9.17, 15) is 9.69 Å². The van der Waals surface area contributed by atoms with Crippen LogP contribution < -0.4 is 4.89 Å². The third kappa shape index (κ3) is 6.71. The minimum Gasteiger partial charge on any atom is -0.603 e. The van der Waals surface area contributed by atoms with Crippen molar-refractivity contribution in [2.75, 3.05) is 20.0 Å². The number of carboxylic acids is 1. The van der Waals surface area contributed by atoms with Crippen LogP contribution in [0.3, 0.4) is 0 Å². The molecule has 1 unspecified atom stereocenters. The summed E-state index contributed by atoms with van der Waals surface area (Å²) in [6.07, 6.45) is 0. The predicted molar refractivity (Wildman–Crippen MR) is 48.7 cm³/mol. The minimum absolute atomic E-state index is 0.0263. The van der Waals surface area contributed by atoms with Crippen LogP contribution in [-0.2, 0) is 14.1 Å². The highest BCUT2D eigenvalue weighted by Crippen LogP contribution is 2.08. The number of aliphatic hydroxyl groups is 1. The fourth-order valence-corrected chi connectivity index (χ4v) is 0.913. The highest BCUT2D eigenvalue weighted by atomic mass is 31.1. The summed E-state index contributed by atoms with van der Waals surface area (Å²) < 4.78 is 9.08. The Bertz CT molecular complexity index is 236. The molecule has 7 heteroatoms. The van der Waals surface area contributed by atoms with Crippen molar-refractivity contribution in [2.45, 2.75) is 0 Å². The molecule has 6 nitrogen and oxygen atoms in total. The van der Waals surface area contributed by atoms with Crippen LogP contribution in [-0.4, -0.2) is 42.0 Å². The molecule has 0 fully saturated rings. The quantitative estimate of drug-likeness (QED) is 0.250. The van der Waals surface area contributed by atoms with E-state index in [4.69, 9.17) is 14.9 Å². The maximum atomic E-state index is 10.7. The molecular formula is C7H11O6P. The van der Waals surface area contributed by atoms with Gasteiger partial charge in [-0.05, 0) is 0 Å². The topological polar surface area (TPSA) is 99.0 Å². The zero-order valence-corrected chi connectivity index (χ0v) is 8.27. The van der Waals surface area contributed by atoms with Crippen LogP contribution >= 0.6 is 8.00 Å². The second-order valence-electron chi connectivity index (χ2n) is 2.15. The van der Waals surface area contributed by atoms with E-state index in [0.29, 0.717) is 0 Å². The largest absolute Gasteiger partial charge is 0.603 e. The first-order valence-corrected chi connectivity index (χ1v) is 4.85. The number of aliphatic carboxylic acids is 1. The molecule has 0 heterocycles. The molecule has 2 N–H and O–H groups in total. The maximum Gasteiger partial charge on any atom is 0.333 e. The SMILES string of the molecule is C=C(COC/C=[P+](\[O-])OCO)C(=O)O. The Balaban J connectivity index is 3.60. The van der Waals surface area contributed by atoms with Crippen molar-refractivity contribution in [3.05, 3.63) is 12.2 Å². The Kier molecular flexibility index (Phi) is 7.18. The van der Waals surface area contributed by atoms with Crippen LogP contribution in [0.15, 0.2) is 12.2 Å². The van der Waals surface area contributed by atoms with Gasteiger partial charge < -0.3 is 19.8 Å². The number of hydrogen-bond acceptors (Lipinski definition) is 5. The summed E-state index contributed by atoms with van der Waals surface area (Å²) in [4.78, 5) is 20.9. The van der Waals surface area contributed by atoms with E-state index in [1.165, 1.54) is 5.80 Å². The molecule has 0 aliphatic carbocycles. The number of carboxylic acid groups (broad SMARTS) is 1. The van der Waals surface area contributed by atoms with Crippen molar-refractivity contribution in [1.29, 1.82) is 0 Å². The summed E-state index contributed by atoms with van der Waals surface area (Å²) in [5.41, 5.74) is -0.0864. The van der Waals surface area contributed by atoms with E-state index in [-0.39, 0.29) is 18.8 Å².